The summed E-state index contributed by atoms with van der Waals surface area (Å²) in [5.74, 6) is -0.867. The Morgan fingerprint density at radius 1 is 1.23 bits per heavy atom. The van der Waals surface area contributed by atoms with E-state index in [0.717, 1.165) is 24.1 Å². The number of hydrogen-bond donors (Lipinski definition) is 0. The lowest BCUT2D eigenvalue weighted by molar-refractivity contribution is 0.0196. The maximum atomic E-state index is 14.8. The summed E-state index contributed by atoms with van der Waals surface area (Å²) in [6.07, 6.45) is 2.01. The first kappa shape index (κ1) is 22.5. The van der Waals surface area contributed by atoms with Gasteiger partial charge in [0.15, 0.2) is 0 Å². The van der Waals surface area contributed by atoms with E-state index >= 15 is 0 Å². The van der Waals surface area contributed by atoms with E-state index in [1.54, 1.807) is 12.0 Å². The van der Waals surface area contributed by atoms with E-state index in [1.807, 2.05) is 32.3 Å². The number of aromatic nitrogens is 1. The molecule has 0 saturated carbocycles. The minimum Gasteiger partial charge on any atom is -0.444 e. The Hall–Kier alpha value is -2.15. The third-order valence-electron chi connectivity index (χ3n) is 5.59. The molecule has 166 valence electrons. The molecule has 1 fully saturated rings. The molecule has 1 atom stereocenters. The fourth-order valence-corrected chi connectivity index (χ4v) is 4.43. The van der Waals surface area contributed by atoms with E-state index in [4.69, 9.17) is 9.47 Å². The number of carbonyl (C=O) groups excluding carboxylic acids is 1. The molecule has 1 amide bonds. The van der Waals surface area contributed by atoms with Crippen LogP contribution < -0.4 is 0 Å². The highest BCUT2D eigenvalue weighted by molar-refractivity contribution is 5.87. The molecule has 1 aliphatic heterocycles. The second-order valence-electron chi connectivity index (χ2n) is 9.03. The van der Waals surface area contributed by atoms with Crippen LogP contribution in [0.5, 0.6) is 0 Å². The Labute approximate surface area is 176 Å². The van der Waals surface area contributed by atoms with Crippen LogP contribution in [0.3, 0.4) is 0 Å². The van der Waals surface area contributed by atoms with Crippen LogP contribution in [0.4, 0.5) is 13.6 Å². The van der Waals surface area contributed by atoms with Crippen molar-refractivity contribution in [1.29, 1.82) is 0 Å². The van der Waals surface area contributed by atoms with Gasteiger partial charge >= 0.3 is 6.09 Å². The van der Waals surface area contributed by atoms with Crippen LogP contribution >= 0.6 is 0 Å². The first-order valence-electron chi connectivity index (χ1n) is 10.6. The minimum atomic E-state index is -0.568. The number of hydrogen-bond acceptors (Lipinski definition) is 3. The Balaban J connectivity index is 2.00. The molecule has 1 unspecified atom stereocenters. The maximum absolute atomic E-state index is 14.8. The smallest absolute Gasteiger partial charge is 0.410 e. The monoisotopic (exact) mass is 422 g/mol. The number of nitrogens with zero attached hydrogens (tertiary/aromatic N) is 2. The molecule has 0 N–H and O–H groups in total. The summed E-state index contributed by atoms with van der Waals surface area (Å²) in [4.78, 5) is 14.3. The van der Waals surface area contributed by atoms with Gasteiger partial charge in [-0.1, -0.05) is 0 Å². The normalized spacial score (nSPS) is 17.6. The van der Waals surface area contributed by atoms with Gasteiger partial charge in [-0.25, -0.2) is 13.6 Å². The quantitative estimate of drug-likeness (QED) is 0.608. The van der Waals surface area contributed by atoms with Crippen molar-refractivity contribution in [2.45, 2.75) is 65.0 Å². The molecule has 2 aromatic rings. The maximum Gasteiger partial charge on any atom is 0.410 e. The molecule has 0 bridgehead atoms. The zero-order chi connectivity index (χ0) is 22.1. The minimum absolute atomic E-state index is 0.0139. The van der Waals surface area contributed by atoms with Crippen molar-refractivity contribution in [1.82, 2.24) is 9.47 Å². The fourth-order valence-electron chi connectivity index (χ4n) is 4.43. The van der Waals surface area contributed by atoms with Gasteiger partial charge in [-0.2, -0.15) is 0 Å². The lowest BCUT2D eigenvalue weighted by Crippen LogP contribution is -2.42. The van der Waals surface area contributed by atoms with Crippen molar-refractivity contribution in [2.75, 3.05) is 26.8 Å². The van der Waals surface area contributed by atoms with E-state index in [1.165, 1.54) is 12.1 Å². The van der Waals surface area contributed by atoms with Gasteiger partial charge in [-0.05, 0) is 64.7 Å². The standard InChI is InChI=1S/C23H32F2N2O3/c1-15-19-17(24)9-10-18(25)21(19)27(12-7-13-29-5)20(15)16-8-6-11-26(14-16)22(28)30-23(2,3)4/h9-10,16H,6-8,11-14H2,1-5H3. The van der Waals surface area contributed by atoms with E-state index in [2.05, 4.69) is 0 Å². The molecule has 0 aliphatic carbocycles. The molecule has 3 rings (SSSR count). The summed E-state index contributed by atoms with van der Waals surface area (Å²) < 4.78 is 42.1. The topological polar surface area (TPSA) is 43.7 Å². The molecule has 1 saturated heterocycles. The molecule has 0 spiro atoms. The van der Waals surface area contributed by atoms with E-state index < -0.39 is 17.2 Å². The van der Waals surface area contributed by atoms with E-state index in [-0.39, 0.29) is 12.0 Å². The number of carbonyl (C=O) groups is 1. The number of amides is 1. The lowest BCUT2D eigenvalue weighted by atomic mass is 9.92. The highest BCUT2D eigenvalue weighted by atomic mass is 19.1. The Morgan fingerprint density at radius 2 is 1.93 bits per heavy atom. The average molecular weight is 423 g/mol. The highest BCUT2D eigenvalue weighted by Gasteiger charge is 2.32. The third kappa shape index (κ3) is 4.61. The average Bonchev–Trinajstić information content (AvgIpc) is 2.97. The molecule has 1 aromatic heterocycles. The van der Waals surface area contributed by atoms with Crippen LogP contribution in [-0.2, 0) is 16.0 Å². The number of methoxy groups -OCH3 is 1. The van der Waals surface area contributed by atoms with E-state index in [9.17, 15) is 13.6 Å². The van der Waals surface area contributed by atoms with Gasteiger partial charge in [-0.15, -0.1) is 0 Å². The predicted octanol–water partition coefficient (Wildman–Crippen LogP) is 5.38. The number of halogens is 2. The summed E-state index contributed by atoms with van der Waals surface area (Å²) >= 11 is 0. The van der Waals surface area contributed by atoms with Crippen LogP contribution in [0.25, 0.3) is 10.9 Å². The van der Waals surface area contributed by atoms with Gasteiger partial charge < -0.3 is 18.9 Å². The number of fused-ring (bicyclic) bond motifs is 1. The summed E-state index contributed by atoms with van der Waals surface area (Å²) in [5.41, 5.74) is 1.38. The second kappa shape index (κ2) is 8.92. The van der Waals surface area contributed by atoms with Crippen LogP contribution in [0.2, 0.25) is 0 Å². The first-order chi connectivity index (χ1) is 14.1. The van der Waals surface area contributed by atoms with Gasteiger partial charge in [0.2, 0.25) is 0 Å². The van der Waals surface area contributed by atoms with Gasteiger partial charge in [0, 0.05) is 50.3 Å². The van der Waals surface area contributed by atoms with Crippen LogP contribution in [0, 0.1) is 18.6 Å². The zero-order valence-electron chi connectivity index (χ0n) is 18.6. The summed E-state index contributed by atoms with van der Waals surface area (Å²) in [6.45, 7) is 9.53. The zero-order valence-corrected chi connectivity index (χ0v) is 18.6. The molecule has 30 heavy (non-hydrogen) atoms. The number of ether oxygens (including phenoxy) is 2. The third-order valence-corrected chi connectivity index (χ3v) is 5.59. The summed E-state index contributed by atoms with van der Waals surface area (Å²) in [6, 6.07) is 2.36. The lowest BCUT2D eigenvalue weighted by Gasteiger charge is -2.35. The predicted molar refractivity (Wildman–Crippen MR) is 113 cm³/mol. The number of aryl methyl sites for hydroxylation is 2. The first-order valence-corrected chi connectivity index (χ1v) is 10.6. The van der Waals surface area contributed by atoms with Crippen molar-refractivity contribution in [3.8, 4) is 0 Å². The molecule has 0 radical (unpaired) electrons. The van der Waals surface area contributed by atoms with Gasteiger partial charge in [-0.3, -0.25) is 0 Å². The second-order valence-corrected chi connectivity index (χ2v) is 9.03. The Kier molecular flexibility index (Phi) is 6.70. The molecule has 5 nitrogen and oxygen atoms in total. The molecular weight excluding hydrogens is 390 g/mol. The van der Waals surface area contributed by atoms with Crippen molar-refractivity contribution < 1.29 is 23.0 Å². The highest BCUT2D eigenvalue weighted by Crippen LogP contribution is 2.38. The molecule has 1 aromatic carbocycles. The van der Waals surface area contributed by atoms with Crippen molar-refractivity contribution in [3.05, 3.63) is 35.0 Å². The fraction of sp³-hybridized carbons (Fsp3) is 0.609. The largest absolute Gasteiger partial charge is 0.444 e. The van der Waals surface area contributed by atoms with Gasteiger partial charge in [0.25, 0.3) is 0 Å². The Bertz CT molecular complexity index is 918. The van der Waals surface area contributed by atoms with Crippen molar-refractivity contribution >= 4 is 17.0 Å². The van der Waals surface area contributed by atoms with Crippen LogP contribution in [0.15, 0.2) is 12.1 Å². The number of piperidine rings is 1. The summed E-state index contributed by atoms with van der Waals surface area (Å²) in [7, 11) is 1.63. The molecule has 2 heterocycles. The number of likely N-dealkylation sites (tertiary alicyclic amines) is 1. The van der Waals surface area contributed by atoms with Gasteiger partial charge in [0.1, 0.15) is 17.2 Å². The number of rotatable bonds is 5. The van der Waals surface area contributed by atoms with Crippen LogP contribution in [-0.4, -0.2) is 48.0 Å². The number of benzene rings is 1. The van der Waals surface area contributed by atoms with E-state index in [0.29, 0.717) is 43.6 Å². The van der Waals surface area contributed by atoms with Gasteiger partial charge in [0.05, 0.1) is 5.52 Å². The summed E-state index contributed by atoms with van der Waals surface area (Å²) in [5, 5.41) is 0.330. The molecule has 7 heteroatoms. The Morgan fingerprint density at radius 3 is 2.60 bits per heavy atom. The van der Waals surface area contributed by atoms with Crippen molar-refractivity contribution in [2.24, 2.45) is 0 Å². The molecule has 1 aliphatic rings. The van der Waals surface area contributed by atoms with Crippen molar-refractivity contribution in [3.63, 3.8) is 0 Å². The SMILES string of the molecule is COCCCn1c(C2CCCN(C(=O)OC(C)(C)C)C2)c(C)c2c(F)ccc(F)c21. The molecular formula is C23H32F2N2O3. The van der Waals surface area contributed by atoms with Crippen LogP contribution in [0.1, 0.15) is 57.2 Å².